The molecule has 4 nitrogen and oxygen atoms in total. The van der Waals surface area contributed by atoms with E-state index in [0.29, 0.717) is 0 Å². The summed E-state index contributed by atoms with van der Waals surface area (Å²) in [6.45, 7) is 0. The zero-order valence-electron chi connectivity index (χ0n) is 21.0. The number of hydrogen-bond donors (Lipinski definition) is 0. The summed E-state index contributed by atoms with van der Waals surface area (Å²) in [5.41, 5.74) is 5.42. The predicted molar refractivity (Wildman–Crippen MR) is 159 cm³/mol. The molecule has 2 aromatic heterocycles. The maximum atomic E-state index is 4.71. The van der Waals surface area contributed by atoms with Gasteiger partial charge in [-0.15, -0.1) is 10.2 Å². The summed E-state index contributed by atoms with van der Waals surface area (Å²) in [6.07, 6.45) is 3.76. The Bertz CT molecular complexity index is 2040. The zero-order valence-corrected chi connectivity index (χ0v) is 21.0. The van der Waals surface area contributed by atoms with Gasteiger partial charge in [0.25, 0.3) is 0 Å². The average molecular weight is 499 g/mol. The fourth-order valence-corrected chi connectivity index (χ4v) is 5.82. The predicted octanol–water partition coefficient (Wildman–Crippen LogP) is 8.56. The number of aromatic nitrogens is 4. The van der Waals surface area contributed by atoms with Crippen molar-refractivity contribution in [3.8, 4) is 39.6 Å². The molecule has 0 aliphatic heterocycles. The average Bonchev–Trinajstić information content (AvgIpc) is 3.46. The standard InChI is InChI=1S/C35H22N4/c1-3-8-25(9-4-1)34-37-38-35(26-10-5-2-6-11-26)39(34)31-20-16-24-14-18-29-28(27-12-7-21-36-22-27)17-13-23-15-19-30(31)33(24)32(23)29/h1-22H. The number of pyridine rings is 1. The van der Waals surface area contributed by atoms with Crippen LogP contribution in [0.1, 0.15) is 0 Å². The summed E-state index contributed by atoms with van der Waals surface area (Å²) in [5.74, 6) is 1.64. The maximum Gasteiger partial charge on any atom is 0.168 e. The molecular weight excluding hydrogens is 476 g/mol. The van der Waals surface area contributed by atoms with Gasteiger partial charge in [0.15, 0.2) is 11.6 Å². The van der Waals surface area contributed by atoms with Gasteiger partial charge in [0.2, 0.25) is 0 Å². The Morgan fingerprint density at radius 2 is 1.03 bits per heavy atom. The minimum Gasteiger partial charge on any atom is -0.274 e. The van der Waals surface area contributed by atoms with Gasteiger partial charge in [0.05, 0.1) is 5.69 Å². The van der Waals surface area contributed by atoms with Crippen LogP contribution >= 0.6 is 0 Å². The molecule has 0 aliphatic carbocycles. The lowest BCUT2D eigenvalue weighted by Gasteiger charge is -2.18. The number of nitrogens with zero attached hydrogens (tertiary/aromatic N) is 4. The van der Waals surface area contributed by atoms with Gasteiger partial charge in [-0.25, -0.2) is 0 Å². The van der Waals surface area contributed by atoms with Crippen LogP contribution in [0.25, 0.3) is 71.9 Å². The van der Waals surface area contributed by atoms with Crippen molar-refractivity contribution in [1.82, 2.24) is 19.7 Å². The van der Waals surface area contributed by atoms with Crippen LogP contribution in [0.15, 0.2) is 134 Å². The summed E-state index contributed by atoms with van der Waals surface area (Å²) < 4.78 is 2.21. The topological polar surface area (TPSA) is 43.6 Å². The van der Waals surface area contributed by atoms with E-state index in [1.165, 1.54) is 37.9 Å². The molecule has 39 heavy (non-hydrogen) atoms. The molecule has 4 heteroatoms. The molecule has 8 rings (SSSR count). The van der Waals surface area contributed by atoms with E-state index < -0.39 is 0 Å². The summed E-state index contributed by atoms with van der Waals surface area (Å²) in [4.78, 5) is 4.38. The third-order valence-corrected chi connectivity index (χ3v) is 7.58. The van der Waals surface area contributed by atoms with E-state index in [9.17, 15) is 0 Å². The Labute approximate surface area is 225 Å². The first-order valence-corrected chi connectivity index (χ1v) is 13.0. The fraction of sp³-hybridized carbons (Fsp3) is 0. The Kier molecular flexibility index (Phi) is 4.79. The monoisotopic (exact) mass is 498 g/mol. The van der Waals surface area contributed by atoms with Gasteiger partial charge < -0.3 is 0 Å². The number of hydrogen-bond acceptors (Lipinski definition) is 3. The van der Waals surface area contributed by atoms with Gasteiger partial charge in [0.1, 0.15) is 0 Å². The van der Waals surface area contributed by atoms with E-state index in [1.807, 2.05) is 54.9 Å². The van der Waals surface area contributed by atoms with Crippen LogP contribution in [0.3, 0.4) is 0 Å². The van der Waals surface area contributed by atoms with Crippen LogP contribution in [-0.2, 0) is 0 Å². The number of rotatable bonds is 4. The second-order valence-electron chi connectivity index (χ2n) is 9.78. The fourth-order valence-electron chi connectivity index (χ4n) is 5.82. The van der Waals surface area contributed by atoms with Crippen LogP contribution in [0.5, 0.6) is 0 Å². The second-order valence-corrected chi connectivity index (χ2v) is 9.78. The first-order chi connectivity index (χ1) is 19.4. The third kappa shape index (κ3) is 3.35. The van der Waals surface area contributed by atoms with Crippen molar-refractivity contribution in [1.29, 1.82) is 0 Å². The van der Waals surface area contributed by atoms with Crippen molar-refractivity contribution in [2.24, 2.45) is 0 Å². The molecule has 0 aliphatic rings. The molecule has 2 heterocycles. The SMILES string of the molecule is c1ccc(-c2nnc(-c3ccccc3)n2-c2ccc3ccc4c(-c5cccnc5)ccc5ccc2c3c54)cc1. The van der Waals surface area contributed by atoms with E-state index >= 15 is 0 Å². The lowest BCUT2D eigenvalue weighted by atomic mass is 9.89. The van der Waals surface area contributed by atoms with E-state index in [-0.39, 0.29) is 0 Å². The lowest BCUT2D eigenvalue weighted by Crippen LogP contribution is -2.02. The van der Waals surface area contributed by atoms with Crippen molar-refractivity contribution in [3.05, 3.63) is 134 Å². The first kappa shape index (κ1) is 21.7. The molecule has 8 aromatic rings. The summed E-state index contributed by atoms with van der Waals surface area (Å²) in [5, 5.41) is 16.8. The molecule has 0 bridgehead atoms. The third-order valence-electron chi connectivity index (χ3n) is 7.58. The molecule has 0 saturated carbocycles. The van der Waals surface area contributed by atoms with Gasteiger partial charge in [-0.05, 0) is 44.6 Å². The largest absolute Gasteiger partial charge is 0.274 e. The Balaban J connectivity index is 1.47. The highest BCUT2D eigenvalue weighted by atomic mass is 15.3. The normalized spacial score (nSPS) is 11.6. The van der Waals surface area contributed by atoms with E-state index in [0.717, 1.165) is 34.0 Å². The molecule has 6 aromatic carbocycles. The smallest absolute Gasteiger partial charge is 0.168 e. The van der Waals surface area contributed by atoms with Crippen LogP contribution in [-0.4, -0.2) is 19.7 Å². The molecule has 0 N–H and O–H groups in total. The van der Waals surface area contributed by atoms with Crippen molar-refractivity contribution in [3.63, 3.8) is 0 Å². The van der Waals surface area contributed by atoms with Crippen molar-refractivity contribution < 1.29 is 0 Å². The van der Waals surface area contributed by atoms with Crippen LogP contribution < -0.4 is 0 Å². The highest BCUT2D eigenvalue weighted by molar-refractivity contribution is 6.26. The quantitative estimate of drug-likeness (QED) is 0.228. The van der Waals surface area contributed by atoms with Crippen LogP contribution in [0.4, 0.5) is 0 Å². The van der Waals surface area contributed by atoms with Gasteiger partial charge in [0, 0.05) is 34.5 Å². The molecule has 0 atom stereocenters. The van der Waals surface area contributed by atoms with Crippen LogP contribution in [0.2, 0.25) is 0 Å². The molecule has 0 amide bonds. The molecule has 0 radical (unpaired) electrons. The molecule has 182 valence electrons. The van der Waals surface area contributed by atoms with E-state index in [4.69, 9.17) is 10.2 Å². The second kappa shape index (κ2) is 8.61. The minimum absolute atomic E-state index is 0.820. The Morgan fingerprint density at radius 1 is 0.462 bits per heavy atom. The van der Waals surface area contributed by atoms with E-state index in [2.05, 4.69) is 88.4 Å². The zero-order chi connectivity index (χ0) is 25.8. The van der Waals surface area contributed by atoms with Crippen molar-refractivity contribution >= 4 is 32.3 Å². The minimum atomic E-state index is 0.820. The Morgan fingerprint density at radius 3 is 1.67 bits per heavy atom. The summed E-state index contributed by atoms with van der Waals surface area (Å²) in [7, 11) is 0. The first-order valence-electron chi connectivity index (χ1n) is 13.0. The lowest BCUT2D eigenvalue weighted by molar-refractivity contribution is 1.09. The molecule has 0 spiro atoms. The van der Waals surface area contributed by atoms with Crippen molar-refractivity contribution in [2.75, 3.05) is 0 Å². The highest BCUT2D eigenvalue weighted by Crippen LogP contribution is 2.42. The van der Waals surface area contributed by atoms with Crippen LogP contribution in [0, 0.1) is 0 Å². The Hall–Kier alpha value is -5.35. The van der Waals surface area contributed by atoms with Gasteiger partial charge in [-0.1, -0.05) is 109 Å². The summed E-state index contributed by atoms with van der Waals surface area (Å²) >= 11 is 0. The van der Waals surface area contributed by atoms with Gasteiger partial charge in [-0.3, -0.25) is 9.55 Å². The summed E-state index contributed by atoms with van der Waals surface area (Å²) in [6, 6.07) is 42.5. The van der Waals surface area contributed by atoms with Gasteiger partial charge >= 0.3 is 0 Å². The molecule has 0 unspecified atom stereocenters. The van der Waals surface area contributed by atoms with E-state index in [1.54, 1.807) is 0 Å². The number of benzene rings is 6. The van der Waals surface area contributed by atoms with Crippen molar-refractivity contribution in [2.45, 2.75) is 0 Å². The van der Waals surface area contributed by atoms with Gasteiger partial charge in [-0.2, -0.15) is 0 Å². The molecule has 0 fully saturated rings. The molecular formula is C35H22N4. The molecule has 0 saturated heterocycles. The highest BCUT2D eigenvalue weighted by Gasteiger charge is 2.21. The maximum absolute atomic E-state index is 4.71.